The summed E-state index contributed by atoms with van der Waals surface area (Å²) in [5.74, 6) is 0.295. The first-order chi connectivity index (χ1) is 9.76. The molecule has 0 aromatic carbocycles. The second-order valence-corrected chi connectivity index (χ2v) is 7.80. The number of amides is 2. The number of carbonyl (C=O) groups excluding carboxylic acids is 2. The summed E-state index contributed by atoms with van der Waals surface area (Å²) >= 11 is 0. The summed E-state index contributed by atoms with van der Waals surface area (Å²) in [6, 6.07) is -0.392. The van der Waals surface area contributed by atoms with Crippen LogP contribution in [0.15, 0.2) is 0 Å². The van der Waals surface area contributed by atoms with Gasteiger partial charge in [0, 0.05) is 6.04 Å². The minimum Gasteiger partial charge on any atom is -0.342 e. The van der Waals surface area contributed by atoms with E-state index in [9.17, 15) is 9.59 Å². The number of nitrogens with zero attached hydrogens (tertiary/aromatic N) is 1. The molecule has 0 bridgehead atoms. The predicted octanol–water partition coefficient (Wildman–Crippen LogP) is 2.72. The van der Waals surface area contributed by atoms with E-state index in [1.165, 1.54) is 0 Å². The van der Waals surface area contributed by atoms with Crippen LogP contribution in [0.5, 0.6) is 0 Å². The summed E-state index contributed by atoms with van der Waals surface area (Å²) in [6.45, 7) is 10.6. The summed E-state index contributed by atoms with van der Waals surface area (Å²) in [4.78, 5) is 27.1. The molecular formula is C17H30N2O2. The van der Waals surface area contributed by atoms with Crippen molar-refractivity contribution in [1.82, 2.24) is 10.2 Å². The zero-order valence-electron chi connectivity index (χ0n) is 14.1. The minimum absolute atomic E-state index is 0.0284. The van der Waals surface area contributed by atoms with E-state index in [0.717, 1.165) is 25.7 Å². The van der Waals surface area contributed by atoms with Crippen molar-refractivity contribution in [3.63, 3.8) is 0 Å². The summed E-state index contributed by atoms with van der Waals surface area (Å²) in [6.07, 6.45) is 5.00. The fourth-order valence-electron chi connectivity index (χ4n) is 3.68. The highest BCUT2D eigenvalue weighted by Crippen LogP contribution is 2.38. The van der Waals surface area contributed by atoms with E-state index < -0.39 is 0 Å². The molecule has 1 saturated carbocycles. The Bertz CT molecular complexity index is 407. The first kappa shape index (κ1) is 16.3. The lowest BCUT2D eigenvalue weighted by molar-refractivity contribution is -0.155. The van der Waals surface area contributed by atoms with Crippen LogP contribution in [0.1, 0.15) is 66.7 Å². The van der Waals surface area contributed by atoms with E-state index >= 15 is 0 Å². The molecule has 1 aliphatic heterocycles. The Morgan fingerprint density at radius 1 is 1.24 bits per heavy atom. The van der Waals surface area contributed by atoms with Crippen LogP contribution in [0.3, 0.4) is 0 Å². The molecule has 2 rings (SSSR count). The van der Waals surface area contributed by atoms with Crippen LogP contribution in [-0.2, 0) is 9.59 Å². The maximum Gasteiger partial charge on any atom is 0.246 e. The highest BCUT2D eigenvalue weighted by molar-refractivity contribution is 5.97. The quantitative estimate of drug-likeness (QED) is 0.870. The van der Waals surface area contributed by atoms with Crippen molar-refractivity contribution in [2.45, 2.75) is 84.8 Å². The van der Waals surface area contributed by atoms with E-state index in [4.69, 9.17) is 0 Å². The molecule has 1 saturated heterocycles. The van der Waals surface area contributed by atoms with Crippen LogP contribution in [0.4, 0.5) is 0 Å². The minimum atomic E-state index is -0.352. The normalized spacial score (nSPS) is 30.7. The molecule has 2 unspecified atom stereocenters. The van der Waals surface area contributed by atoms with Crippen LogP contribution in [0.25, 0.3) is 0 Å². The van der Waals surface area contributed by atoms with Crippen LogP contribution >= 0.6 is 0 Å². The fraction of sp³-hybridized carbons (Fsp3) is 0.882. The van der Waals surface area contributed by atoms with E-state index in [1.807, 2.05) is 25.7 Å². The van der Waals surface area contributed by atoms with Gasteiger partial charge in [-0.1, -0.05) is 34.6 Å². The first-order valence-electron chi connectivity index (χ1n) is 8.39. The Morgan fingerprint density at radius 2 is 1.81 bits per heavy atom. The molecule has 0 radical (unpaired) electrons. The van der Waals surface area contributed by atoms with Gasteiger partial charge in [0.2, 0.25) is 11.8 Å². The van der Waals surface area contributed by atoms with E-state index in [1.54, 1.807) is 0 Å². The number of hydrogen-bond donors (Lipinski definition) is 1. The summed E-state index contributed by atoms with van der Waals surface area (Å²) in [5, 5.41) is 2.92. The molecule has 1 heterocycles. The van der Waals surface area contributed by atoms with Crippen molar-refractivity contribution in [2.75, 3.05) is 0 Å². The van der Waals surface area contributed by atoms with Gasteiger partial charge in [0.25, 0.3) is 0 Å². The smallest absolute Gasteiger partial charge is 0.246 e. The molecule has 4 nitrogen and oxygen atoms in total. The third-order valence-electron chi connectivity index (χ3n) is 5.21. The van der Waals surface area contributed by atoms with Gasteiger partial charge in [0.1, 0.15) is 12.1 Å². The van der Waals surface area contributed by atoms with Crippen LogP contribution < -0.4 is 5.32 Å². The lowest BCUT2D eigenvalue weighted by Gasteiger charge is -2.47. The van der Waals surface area contributed by atoms with Gasteiger partial charge in [-0.15, -0.1) is 0 Å². The van der Waals surface area contributed by atoms with Gasteiger partial charge in [-0.3, -0.25) is 9.59 Å². The van der Waals surface area contributed by atoms with E-state index in [-0.39, 0.29) is 35.9 Å². The molecule has 2 fully saturated rings. The number of carbonyl (C=O) groups is 2. The van der Waals surface area contributed by atoms with Crippen molar-refractivity contribution in [3.05, 3.63) is 0 Å². The van der Waals surface area contributed by atoms with Crippen molar-refractivity contribution in [3.8, 4) is 0 Å². The Hall–Kier alpha value is -1.06. The third kappa shape index (κ3) is 3.24. The molecule has 2 atom stereocenters. The second-order valence-electron chi connectivity index (χ2n) is 7.80. The Balaban J connectivity index is 2.20. The Labute approximate surface area is 128 Å². The van der Waals surface area contributed by atoms with Crippen molar-refractivity contribution in [1.29, 1.82) is 0 Å². The van der Waals surface area contributed by atoms with Crippen LogP contribution in [0.2, 0.25) is 0 Å². The highest BCUT2D eigenvalue weighted by atomic mass is 16.2. The standard InChI is InChI=1S/C17H30N2O2/c1-6-13-15(20)18-14(11(2)3)16(21)19(13)12-7-9-17(4,5)10-8-12/h11-14H,6-10H2,1-5H3,(H,18,20). The van der Waals surface area contributed by atoms with E-state index in [2.05, 4.69) is 19.2 Å². The number of piperazine rings is 1. The molecule has 0 aromatic heterocycles. The van der Waals surface area contributed by atoms with Gasteiger partial charge in [-0.25, -0.2) is 0 Å². The molecular weight excluding hydrogens is 264 g/mol. The topological polar surface area (TPSA) is 49.4 Å². The van der Waals surface area contributed by atoms with Crippen LogP contribution in [-0.4, -0.2) is 34.8 Å². The zero-order valence-corrected chi connectivity index (χ0v) is 14.1. The Morgan fingerprint density at radius 3 is 2.29 bits per heavy atom. The van der Waals surface area contributed by atoms with E-state index in [0.29, 0.717) is 11.8 Å². The third-order valence-corrected chi connectivity index (χ3v) is 5.21. The maximum atomic E-state index is 12.9. The van der Waals surface area contributed by atoms with Gasteiger partial charge in [0.15, 0.2) is 0 Å². The number of rotatable bonds is 3. The number of nitrogens with one attached hydrogen (secondary N) is 1. The lowest BCUT2D eigenvalue weighted by Crippen LogP contribution is -2.67. The van der Waals surface area contributed by atoms with Gasteiger partial charge < -0.3 is 10.2 Å². The van der Waals surface area contributed by atoms with Crippen molar-refractivity contribution < 1.29 is 9.59 Å². The van der Waals surface area contributed by atoms with Gasteiger partial charge in [0.05, 0.1) is 0 Å². The van der Waals surface area contributed by atoms with Crippen LogP contribution in [0, 0.1) is 11.3 Å². The lowest BCUT2D eigenvalue weighted by atomic mass is 9.74. The van der Waals surface area contributed by atoms with Gasteiger partial charge in [-0.2, -0.15) is 0 Å². The second kappa shape index (κ2) is 5.98. The van der Waals surface area contributed by atoms with Gasteiger partial charge in [-0.05, 0) is 43.4 Å². The molecule has 0 spiro atoms. The molecule has 1 aliphatic carbocycles. The fourth-order valence-corrected chi connectivity index (χ4v) is 3.68. The van der Waals surface area contributed by atoms with Gasteiger partial charge >= 0.3 is 0 Å². The summed E-state index contributed by atoms with van der Waals surface area (Å²) < 4.78 is 0. The maximum absolute atomic E-state index is 12.9. The average Bonchev–Trinajstić information content (AvgIpc) is 2.40. The molecule has 21 heavy (non-hydrogen) atoms. The molecule has 1 N–H and O–H groups in total. The number of hydrogen-bond acceptors (Lipinski definition) is 2. The molecule has 4 heteroatoms. The molecule has 0 aromatic rings. The zero-order chi connectivity index (χ0) is 15.8. The summed E-state index contributed by atoms with van der Waals surface area (Å²) in [7, 11) is 0. The average molecular weight is 294 g/mol. The highest BCUT2D eigenvalue weighted by Gasteiger charge is 2.45. The molecule has 2 amide bonds. The summed E-state index contributed by atoms with van der Waals surface area (Å²) in [5.41, 5.74) is 0.372. The van der Waals surface area contributed by atoms with Crippen molar-refractivity contribution >= 4 is 11.8 Å². The predicted molar refractivity (Wildman–Crippen MR) is 83.7 cm³/mol. The first-order valence-corrected chi connectivity index (χ1v) is 8.39. The largest absolute Gasteiger partial charge is 0.342 e. The molecule has 120 valence electrons. The van der Waals surface area contributed by atoms with Crippen molar-refractivity contribution in [2.24, 2.45) is 11.3 Å². The Kier molecular flexibility index (Phi) is 4.64. The molecule has 2 aliphatic rings. The monoisotopic (exact) mass is 294 g/mol. The SMILES string of the molecule is CCC1C(=O)NC(C(C)C)C(=O)N1C1CCC(C)(C)CC1.